The van der Waals surface area contributed by atoms with E-state index in [0.29, 0.717) is 6.42 Å². The molecule has 0 radical (unpaired) electrons. The highest BCUT2D eigenvalue weighted by Gasteiger charge is 2.38. The lowest BCUT2D eigenvalue weighted by atomic mass is 9.93. The Bertz CT molecular complexity index is 1360. The van der Waals surface area contributed by atoms with E-state index >= 15 is 0 Å². The van der Waals surface area contributed by atoms with Crippen LogP contribution in [-0.4, -0.2) is 64.3 Å². The van der Waals surface area contributed by atoms with Gasteiger partial charge in [0.2, 0.25) is 23.5 Å². The zero-order valence-electron chi connectivity index (χ0n) is 25.5. The second-order valence-corrected chi connectivity index (χ2v) is 11.8. The summed E-state index contributed by atoms with van der Waals surface area (Å²) >= 11 is 0. The molecule has 234 valence electrons. The number of rotatable bonds is 15. The van der Waals surface area contributed by atoms with Gasteiger partial charge in [-0.2, -0.15) is 0 Å². The zero-order valence-corrected chi connectivity index (χ0v) is 25.5. The summed E-state index contributed by atoms with van der Waals surface area (Å²) in [5, 5.41) is 20.8. The van der Waals surface area contributed by atoms with Gasteiger partial charge in [-0.05, 0) is 48.4 Å². The van der Waals surface area contributed by atoms with Gasteiger partial charge in [0.1, 0.15) is 17.6 Å². The first kappa shape index (κ1) is 34.7. The van der Waals surface area contributed by atoms with Crippen LogP contribution in [0.2, 0.25) is 0 Å². The summed E-state index contributed by atoms with van der Waals surface area (Å²) in [5.41, 5.74) is 4.70. The highest BCUT2D eigenvalue weighted by molar-refractivity contribution is 6.39. The lowest BCUT2D eigenvalue weighted by Crippen LogP contribution is -2.62. The molecule has 43 heavy (non-hydrogen) atoms. The molecule has 0 aliphatic carbocycles. The molecule has 1 unspecified atom stereocenters. The Morgan fingerprint density at radius 2 is 1.51 bits per heavy atom. The van der Waals surface area contributed by atoms with Crippen molar-refractivity contribution in [3.63, 3.8) is 0 Å². The van der Waals surface area contributed by atoms with Crippen LogP contribution in [0.3, 0.4) is 0 Å². The van der Waals surface area contributed by atoms with Crippen molar-refractivity contribution in [2.24, 2.45) is 17.6 Å². The quantitative estimate of drug-likeness (QED) is 0.169. The minimum Gasteiger partial charge on any atom is -0.465 e. The van der Waals surface area contributed by atoms with Crippen LogP contribution in [0.4, 0.5) is 4.79 Å². The smallest absolute Gasteiger partial charge is 0.405 e. The predicted molar refractivity (Wildman–Crippen MR) is 162 cm³/mol. The highest BCUT2D eigenvalue weighted by Crippen LogP contribution is 2.17. The Kier molecular flexibility index (Phi) is 12.2. The number of hydrogen-bond acceptors (Lipinski definition) is 6. The maximum atomic E-state index is 13.3. The lowest BCUT2D eigenvalue weighted by molar-refractivity contribution is -0.143. The van der Waals surface area contributed by atoms with Crippen LogP contribution in [0.1, 0.15) is 59.9 Å². The lowest BCUT2D eigenvalue weighted by Gasteiger charge is -2.29. The van der Waals surface area contributed by atoms with Crippen molar-refractivity contribution >= 4 is 46.3 Å². The Balaban J connectivity index is 2.15. The van der Waals surface area contributed by atoms with E-state index in [9.17, 15) is 28.8 Å². The molecule has 2 aromatic rings. The number of benzene rings is 2. The number of amides is 5. The maximum Gasteiger partial charge on any atom is 0.405 e. The molecule has 12 nitrogen and oxygen atoms in total. The van der Waals surface area contributed by atoms with Crippen molar-refractivity contribution in [2.45, 2.75) is 84.5 Å². The topological polar surface area (TPSA) is 197 Å². The van der Waals surface area contributed by atoms with Crippen molar-refractivity contribution in [1.29, 1.82) is 0 Å². The van der Waals surface area contributed by atoms with Gasteiger partial charge < -0.3 is 32.1 Å². The number of ketones is 1. The van der Waals surface area contributed by atoms with Crippen LogP contribution in [0.25, 0.3) is 10.8 Å². The van der Waals surface area contributed by atoms with Gasteiger partial charge in [-0.3, -0.25) is 24.0 Å². The fourth-order valence-electron chi connectivity index (χ4n) is 4.51. The molecule has 0 saturated carbocycles. The summed E-state index contributed by atoms with van der Waals surface area (Å²) in [7, 11) is 0. The first-order valence-electron chi connectivity index (χ1n) is 14.3. The van der Waals surface area contributed by atoms with Crippen LogP contribution < -0.4 is 27.0 Å². The fourth-order valence-corrected chi connectivity index (χ4v) is 4.51. The van der Waals surface area contributed by atoms with E-state index in [1.165, 1.54) is 13.8 Å². The molecule has 2 aromatic carbocycles. The van der Waals surface area contributed by atoms with Crippen LogP contribution >= 0.6 is 0 Å². The molecule has 12 heteroatoms. The molecule has 0 bridgehead atoms. The first-order valence-corrected chi connectivity index (χ1v) is 14.3. The summed E-state index contributed by atoms with van der Waals surface area (Å²) in [5.74, 6) is -4.89. The van der Waals surface area contributed by atoms with E-state index < -0.39 is 65.1 Å². The van der Waals surface area contributed by atoms with Gasteiger partial charge in [0.05, 0.1) is 6.04 Å². The molecule has 0 aliphatic rings. The number of carboxylic acid groups (broad SMARTS) is 1. The average molecular weight is 598 g/mol. The third kappa shape index (κ3) is 10.1. The number of nitrogens with two attached hydrogens (primary N) is 1. The summed E-state index contributed by atoms with van der Waals surface area (Å²) in [6.45, 7) is 9.80. The van der Waals surface area contributed by atoms with Crippen LogP contribution in [-0.2, 0) is 30.4 Å². The highest BCUT2D eigenvalue weighted by atomic mass is 16.4. The van der Waals surface area contributed by atoms with Crippen LogP contribution in [0.15, 0.2) is 42.5 Å². The van der Waals surface area contributed by atoms with E-state index in [4.69, 9.17) is 10.8 Å². The van der Waals surface area contributed by atoms with Crippen molar-refractivity contribution in [3.05, 3.63) is 48.0 Å². The summed E-state index contributed by atoms with van der Waals surface area (Å²) in [6.07, 6.45) is -0.685. The third-order valence-electron chi connectivity index (χ3n) is 7.23. The van der Waals surface area contributed by atoms with Crippen molar-refractivity contribution in [1.82, 2.24) is 21.3 Å². The number of primary amides is 1. The second kappa shape index (κ2) is 15.1. The molecule has 0 spiro atoms. The number of nitrogens with one attached hydrogen (secondary N) is 4. The molecular weight excluding hydrogens is 554 g/mol. The average Bonchev–Trinajstić information content (AvgIpc) is 2.93. The molecule has 0 aromatic heterocycles. The summed E-state index contributed by atoms with van der Waals surface area (Å²) in [4.78, 5) is 75.9. The van der Waals surface area contributed by atoms with Gasteiger partial charge in [-0.1, -0.05) is 76.6 Å². The monoisotopic (exact) mass is 597 g/mol. The standard InChI is InChI=1S/C31H43N5O7/c1-7-18(4)24(35-27(39)23(14-17(2)3)34-30(42)43)25(37)28(40)36-31(5,6)29(41)33-22(26(32)38)16-19-12-13-20-10-8-9-11-21(20)15-19/h8-13,15,17-18,22-24,34H,7,14,16H2,1-6H3,(H2,32,38)(H,33,41)(H,35,39)(H,36,40)(H,42,43)/t18-,22-,23-,24?/m0/s1. The van der Waals surface area contributed by atoms with Gasteiger partial charge in [-0.25, -0.2) is 4.79 Å². The minimum absolute atomic E-state index is 0.0339. The summed E-state index contributed by atoms with van der Waals surface area (Å²) in [6, 6.07) is 9.81. The van der Waals surface area contributed by atoms with E-state index in [1.807, 2.05) is 56.3 Å². The van der Waals surface area contributed by atoms with Crippen molar-refractivity contribution in [3.8, 4) is 0 Å². The zero-order chi connectivity index (χ0) is 32.5. The summed E-state index contributed by atoms with van der Waals surface area (Å²) < 4.78 is 0. The molecule has 2 rings (SSSR count). The number of hydrogen-bond donors (Lipinski definition) is 6. The minimum atomic E-state index is -1.64. The third-order valence-corrected chi connectivity index (χ3v) is 7.23. The van der Waals surface area contributed by atoms with Gasteiger partial charge in [0.25, 0.3) is 5.91 Å². The second-order valence-electron chi connectivity index (χ2n) is 11.8. The number of fused-ring (bicyclic) bond motifs is 1. The van der Waals surface area contributed by atoms with Crippen molar-refractivity contribution < 1.29 is 33.9 Å². The SMILES string of the molecule is CC[C@H](C)C(NC(=O)[C@H](CC(C)C)NC(=O)O)C(=O)C(=O)NC(C)(C)C(=O)N[C@@H](Cc1ccc2ccccc2c1)C(N)=O. The van der Waals surface area contributed by atoms with E-state index in [2.05, 4.69) is 21.3 Å². The maximum absolute atomic E-state index is 13.3. The molecule has 0 saturated heterocycles. The van der Waals surface area contributed by atoms with Crippen LogP contribution in [0.5, 0.6) is 0 Å². The van der Waals surface area contributed by atoms with Gasteiger partial charge in [0, 0.05) is 6.42 Å². The molecular formula is C31H43N5O7. The molecule has 0 heterocycles. The molecule has 5 amide bonds. The van der Waals surface area contributed by atoms with E-state index in [0.717, 1.165) is 16.3 Å². The van der Waals surface area contributed by atoms with Gasteiger partial charge in [0.15, 0.2) is 0 Å². The largest absolute Gasteiger partial charge is 0.465 e. The molecule has 0 aliphatic heterocycles. The normalized spacial score (nSPS) is 14.2. The van der Waals surface area contributed by atoms with E-state index in [1.54, 1.807) is 13.8 Å². The number of Topliss-reactive ketones (excluding diaryl/α,β-unsaturated/α-hetero) is 1. The molecule has 0 fully saturated rings. The molecule has 7 N–H and O–H groups in total. The fraction of sp³-hybridized carbons (Fsp3) is 0.484. The van der Waals surface area contributed by atoms with Gasteiger partial charge >= 0.3 is 6.09 Å². The first-order chi connectivity index (χ1) is 20.0. The Morgan fingerprint density at radius 3 is 2.07 bits per heavy atom. The number of carbonyl (C=O) groups excluding carboxylic acids is 5. The Morgan fingerprint density at radius 1 is 0.884 bits per heavy atom. The van der Waals surface area contributed by atoms with Gasteiger partial charge in [-0.15, -0.1) is 0 Å². The predicted octanol–water partition coefficient (Wildman–Crippen LogP) is 2.03. The Labute approximate surface area is 251 Å². The molecule has 4 atom stereocenters. The number of carbonyl (C=O) groups is 6. The Hall–Kier alpha value is -4.48. The van der Waals surface area contributed by atoms with Crippen molar-refractivity contribution in [2.75, 3.05) is 0 Å². The van der Waals surface area contributed by atoms with E-state index in [-0.39, 0.29) is 18.8 Å². The van der Waals surface area contributed by atoms with Crippen LogP contribution in [0, 0.1) is 11.8 Å².